The van der Waals surface area contributed by atoms with Gasteiger partial charge in [0.05, 0.1) is 12.1 Å². The van der Waals surface area contributed by atoms with Gasteiger partial charge in [0.1, 0.15) is 11.5 Å². The molecule has 34 heavy (non-hydrogen) atoms. The molecule has 3 aromatic carbocycles. The van der Waals surface area contributed by atoms with E-state index in [1.807, 2.05) is 29.2 Å². The summed E-state index contributed by atoms with van der Waals surface area (Å²) in [6, 6.07) is 21.9. The molecule has 1 saturated heterocycles. The van der Waals surface area contributed by atoms with Crippen LogP contribution in [-0.4, -0.2) is 56.6 Å². The quantitative estimate of drug-likeness (QED) is 0.546. The summed E-state index contributed by atoms with van der Waals surface area (Å²) in [5.74, 6) is 0.964. The Balaban J connectivity index is 1.26. The van der Waals surface area contributed by atoms with Crippen LogP contribution in [0.1, 0.15) is 10.4 Å². The lowest BCUT2D eigenvalue weighted by atomic mass is 10.1. The molecule has 7 nitrogen and oxygen atoms in total. The van der Waals surface area contributed by atoms with Gasteiger partial charge in [0.15, 0.2) is 6.61 Å². The Morgan fingerprint density at radius 1 is 0.912 bits per heavy atom. The highest BCUT2D eigenvalue weighted by Gasteiger charge is 2.22. The number of hydrogen-bond acceptors (Lipinski definition) is 5. The second kappa shape index (κ2) is 10.9. The van der Waals surface area contributed by atoms with Gasteiger partial charge in [-0.05, 0) is 60.7 Å². The molecule has 0 spiro atoms. The van der Waals surface area contributed by atoms with Gasteiger partial charge in [-0.25, -0.2) is 0 Å². The summed E-state index contributed by atoms with van der Waals surface area (Å²) < 4.78 is 10.6. The van der Waals surface area contributed by atoms with Crippen LogP contribution in [0.25, 0.3) is 0 Å². The highest BCUT2D eigenvalue weighted by molar-refractivity contribution is 6.32. The Morgan fingerprint density at radius 3 is 2.24 bits per heavy atom. The van der Waals surface area contributed by atoms with Crippen LogP contribution >= 0.6 is 11.6 Å². The van der Waals surface area contributed by atoms with E-state index in [2.05, 4.69) is 10.2 Å². The molecule has 1 aliphatic heterocycles. The van der Waals surface area contributed by atoms with Crippen LogP contribution in [0.3, 0.4) is 0 Å². The molecule has 0 atom stereocenters. The van der Waals surface area contributed by atoms with Gasteiger partial charge in [0.2, 0.25) is 0 Å². The second-order valence-electron chi connectivity index (χ2n) is 7.82. The number of carbonyl (C=O) groups is 2. The normalized spacial score (nSPS) is 13.4. The second-order valence-corrected chi connectivity index (χ2v) is 8.23. The Hall–Kier alpha value is -3.71. The number of hydrogen-bond donors (Lipinski definition) is 1. The number of benzene rings is 3. The molecular formula is C26H26ClN3O4. The summed E-state index contributed by atoms with van der Waals surface area (Å²) >= 11 is 6.04. The van der Waals surface area contributed by atoms with Gasteiger partial charge < -0.3 is 24.6 Å². The standard InChI is InChI=1S/C26H26ClN3O4/c1-33-22-12-6-19(7-13-22)26(32)30-16-14-29(15-17-30)21-10-8-20(9-11-21)28-25(31)18-34-24-5-3-2-4-23(24)27/h2-13H,14-18H2,1H3,(H,28,31). The van der Waals surface area contributed by atoms with Crippen LogP contribution in [0.15, 0.2) is 72.8 Å². The lowest BCUT2D eigenvalue weighted by Crippen LogP contribution is -2.48. The number of amides is 2. The summed E-state index contributed by atoms with van der Waals surface area (Å²) in [5.41, 5.74) is 2.39. The van der Waals surface area contributed by atoms with E-state index in [-0.39, 0.29) is 18.4 Å². The van der Waals surface area contributed by atoms with Crippen molar-refractivity contribution in [2.24, 2.45) is 0 Å². The molecule has 1 aliphatic rings. The average molecular weight is 480 g/mol. The van der Waals surface area contributed by atoms with Gasteiger partial charge in [-0.2, -0.15) is 0 Å². The van der Waals surface area contributed by atoms with Gasteiger partial charge >= 0.3 is 0 Å². The fourth-order valence-corrected chi connectivity index (χ4v) is 3.93. The number of halogens is 1. The Morgan fingerprint density at radius 2 is 1.59 bits per heavy atom. The maximum Gasteiger partial charge on any atom is 0.262 e. The van der Waals surface area contributed by atoms with Gasteiger partial charge in [-0.1, -0.05) is 23.7 Å². The molecule has 1 heterocycles. The van der Waals surface area contributed by atoms with Crippen molar-refractivity contribution in [3.05, 3.63) is 83.4 Å². The van der Waals surface area contributed by atoms with Crippen molar-refractivity contribution in [2.45, 2.75) is 0 Å². The highest BCUT2D eigenvalue weighted by Crippen LogP contribution is 2.23. The number of para-hydroxylation sites is 1. The summed E-state index contributed by atoms with van der Waals surface area (Å²) in [7, 11) is 1.60. The van der Waals surface area contributed by atoms with E-state index in [1.54, 1.807) is 55.6 Å². The van der Waals surface area contributed by atoms with Crippen LogP contribution in [0, 0.1) is 0 Å². The van der Waals surface area contributed by atoms with E-state index < -0.39 is 0 Å². The number of methoxy groups -OCH3 is 1. The minimum Gasteiger partial charge on any atom is -0.497 e. The molecule has 1 N–H and O–H groups in total. The molecule has 1 fully saturated rings. The first-order valence-electron chi connectivity index (χ1n) is 11.0. The highest BCUT2D eigenvalue weighted by atomic mass is 35.5. The van der Waals surface area contributed by atoms with Crippen molar-refractivity contribution in [3.8, 4) is 11.5 Å². The number of rotatable bonds is 7. The van der Waals surface area contributed by atoms with E-state index >= 15 is 0 Å². The number of carbonyl (C=O) groups excluding carboxylic acids is 2. The van der Waals surface area contributed by atoms with E-state index in [9.17, 15) is 9.59 Å². The van der Waals surface area contributed by atoms with E-state index in [0.717, 1.165) is 24.5 Å². The van der Waals surface area contributed by atoms with Gasteiger partial charge in [0.25, 0.3) is 11.8 Å². The van der Waals surface area contributed by atoms with Crippen LogP contribution < -0.4 is 19.7 Å². The third kappa shape index (κ3) is 5.80. The van der Waals surface area contributed by atoms with E-state index in [0.29, 0.717) is 35.1 Å². The molecule has 0 saturated carbocycles. The maximum atomic E-state index is 12.8. The van der Waals surface area contributed by atoms with Crippen molar-refractivity contribution < 1.29 is 19.1 Å². The van der Waals surface area contributed by atoms with Gasteiger partial charge in [0, 0.05) is 43.1 Å². The summed E-state index contributed by atoms with van der Waals surface area (Å²) in [4.78, 5) is 29.1. The van der Waals surface area contributed by atoms with Crippen molar-refractivity contribution in [3.63, 3.8) is 0 Å². The zero-order valence-electron chi connectivity index (χ0n) is 18.9. The predicted molar refractivity (Wildman–Crippen MR) is 133 cm³/mol. The van der Waals surface area contributed by atoms with Crippen molar-refractivity contribution in [1.29, 1.82) is 0 Å². The molecule has 2 amide bonds. The topological polar surface area (TPSA) is 71.1 Å². The minimum atomic E-state index is -0.265. The number of piperazine rings is 1. The predicted octanol–water partition coefficient (Wildman–Crippen LogP) is 4.33. The minimum absolute atomic E-state index is 0.0272. The molecule has 0 bridgehead atoms. The molecule has 0 radical (unpaired) electrons. The summed E-state index contributed by atoms with van der Waals surface area (Å²) in [6.45, 7) is 2.62. The SMILES string of the molecule is COc1ccc(C(=O)N2CCN(c3ccc(NC(=O)COc4ccccc4Cl)cc3)CC2)cc1. The zero-order chi connectivity index (χ0) is 23.9. The van der Waals surface area contributed by atoms with Crippen molar-refractivity contribution in [2.75, 3.05) is 50.1 Å². The van der Waals surface area contributed by atoms with Crippen LogP contribution in [-0.2, 0) is 4.79 Å². The Bertz CT molecular complexity index is 1130. The average Bonchev–Trinajstić information content (AvgIpc) is 2.88. The van der Waals surface area contributed by atoms with Crippen molar-refractivity contribution in [1.82, 2.24) is 4.90 Å². The molecule has 0 unspecified atom stereocenters. The molecule has 176 valence electrons. The largest absolute Gasteiger partial charge is 0.497 e. The Labute approximate surface area is 203 Å². The fourth-order valence-electron chi connectivity index (χ4n) is 3.74. The number of nitrogens with one attached hydrogen (secondary N) is 1. The van der Waals surface area contributed by atoms with Crippen LogP contribution in [0.2, 0.25) is 5.02 Å². The van der Waals surface area contributed by atoms with Crippen LogP contribution in [0.5, 0.6) is 11.5 Å². The number of nitrogens with zero attached hydrogens (tertiary/aromatic N) is 2. The lowest BCUT2D eigenvalue weighted by Gasteiger charge is -2.36. The first-order valence-corrected chi connectivity index (χ1v) is 11.4. The molecule has 8 heteroatoms. The maximum absolute atomic E-state index is 12.8. The van der Waals surface area contributed by atoms with E-state index in [1.165, 1.54) is 0 Å². The number of ether oxygens (including phenoxy) is 2. The molecule has 0 aromatic heterocycles. The zero-order valence-corrected chi connectivity index (χ0v) is 19.6. The molecule has 3 aromatic rings. The molecule has 4 rings (SSSR count). The van der Waals surface area contributed by atoms with Crippen molar-refractivity contribution >= 4 is 34.8 Å². The first kappa shape index (κ1) is 23.4. The van der Waals surface area contributed by atoms with Crippen LogP contribution in [0.4, 0.5) is 11.4 Å². The first-order chi connectivity index (χ1) is 16.5. The fraction of sp³-hybridized carbons (Fsp3) is 0.231. The third-order valence-corrected chi connectivity index (χ3v) is 5.93. The Kier molecular flexibility index (Phi) is 7.54. The van der Waals surface area contributed by atoms with E-state index in [4.69, 9.17) is 21.1 Å². The molecular weight excluding hydrogens is 454 g/mol. The summed E-state index contributed by atoms with van der Waals surface area (Å²) in [5, 5.41) is 3.29. The number of anilines is 2. The smallest absolute Gasteiger partial charge is 0.262 e. The summed E-state index contributed by atoms with van der Waals surface area (Å²) in [6.07, 6.45) is 0. The third-order valence-electron chi connectivity index (χ3n) is 5.62. The van der Waals surface area contributed by atoms with Gasteiger partial charge in [-0.15, -0.1) is 0 Å². The molecule has 0 aliphatic carbocycles. The lowest BCUT2D eigenvalue weighted by molar-refractivity contribution is -0.118. The monoisotopic (exact) mass is 479 g/mol. The van der Waals surface area contributed by atoms with Gasteiger partial charge in [-0.3, -0.25) is 9.59 Å².